The summed E-state index contributed by atoms with van der Waals surface area (Å²) >= 11 is 6.06. The summed E-state index contributed by atoms with van der Waals surface area (Å²) < 4.78 is 5.85. The Morgan fingerprint density at radius 3 is 2.83 bits per heavy atom. The highest BCUT2D eigenvalue weighted by Gasteiger charge is 2.49. The first kappa shape index (κ1) is 14.9. The molecule has 0 aromatic heterocycles. The molecule has 1 fully saturated rings. The number of benzene rings is 1. The van der Waals surface area contributed by atoms with E-state index in [0.29, 0.717) is 31.0 Å². The van der Waals surface area contributed by atoms with Gasteiger partial charge in [-0.3, -0.25) is 14.5 Å². The number of ether oxygens (including phenoxy) is 1. The Balaban J connectivity index is 1.57. The molecule has 120 valence electrons. The number of nitrogens with zero attached hydrogens (tertiary/aromatic N) is 1. The van der Waals surface area contributed by atoms with Gasteiger partial charge in [0, 0.05) is 5.03 Å². The molecule has 0 unspecified atom stereocenters. The summed E-state index contributed by atoms with van der Waals surface area (Å²) in [5, 5.41) is 0.688. The first-order valence-corrected chi connectivity index (χ1v) is 8.42. The van der Waals surface area contributed by atoms with Crippen molar-refractivity contribution in [3.63, 3.8) is 0 Å². The Morgan fingerprint density at radius 2 is 1.96 bits per heavy atom. The van der Waals surface area contributed by atoms with Crippen LogP contribution in [0.1, 0.15) is 30.1 Å². The van der Waals surface area contributed by atoms with Gasteiger partial charge in [0.05, 0.1) is 25.0 Å². The molecule has 1 aromatic rings. The Labute approximate surface area is 140 Å². The molecule has 0 N–H and O–H groups in total. The van der Waals surface area contributed by atoms with E-state index in [9.17, 15) is 9.59 Å². The van der Waals surface area contributed by atoms with E-state index in [0.717, 1.165) is 12.0 Å². The molecule has 0 radical (unpaired) electrons. The third-order valence-corrected chi connectivity index (χ3v) is 5.41. The van der Waals surface area contributed by atoms with Crippen LogP contribution in [0.25, 0.3) is 0 Å². The predicted octanol–water partition coefficient (Wildman–Crippen LogP) is 2.82. The van der Waals surface area contributed by atoms with E-state index >= 15 is 0 Å². The van der Waals surface area contributed by atoms with Gasteiger partial charge in [-0.2, -0.15) is 0 Å². The second kappa shape index (κ2) is 5.77. The molecule has 0 saturated carbocycles. The van der Waals surface area contributed by atoms with Gasteiger partial charge in [-0.05, 0) is 30.4 Å². The zero-order chi connectivity index (χ0) is 16.0. The Morgan fingerprint density at radius 1 is 1.17 bits per heavy atom. The van der Waals surface area contributed by atoms with Gasteiger partial charge in [-0.15, -0.1) is 0 Å². The molecular weight excluding hydrogens is 314 g/mol. The van der Waals surface area contributed by atoms with Crippen molar-refractivity contribution in [1.82, 2.24) is 4.90 Å². The normalized spacial score (nSPS) is 30.0. The molecule has 5 heteroatoms. The lowest BCUT2D eigenvalue weighted by atomic mass is 9.85. The fourth-order valence-corrected chi connectivity index (χ4v) is 4.13. The summed E-state index contributed by atoms with van der Waals surface area (Å²) in [4.78, 5) is 26.7. The van der Waals surface area contributed by atoms with Crippen molar-refractivity contribution in [1.29, 1.82) is 0 Å². The van der Waals surface area contributed by atoms with Crippen LogP contribution in [0.5, 0.6) is 0 Å². The van der Waals surface area contributed by atoms with E-state index in [1.807, 2.05) is 24.3 Å². The van der Waals surface area contributed by atoms with Crippen molar-refractivity contribution in [2.45, 2.75) is 25.4 Å². The van der Waals surface area contributed by atoms with Crippen LogP contribution in [0.2, 0.25) is 0 Å². The van der Waals surface area contributed by atoms with Gasteiger partial charge in [0.2, 0.25) is 11.8 Å². The molecule has 4 rings (SSSR count). The van der Waals surface area contributed by atoms with Crippen LogP contribution in [0.15, 0.2) is 35.4 Å². The van der Waals surface area contributed by atoms with Crippen LogP contribution in [0, 0.1) is 11.8 Å². The number of hydrogen-bond donors (Lipinski definition) is 0. The van der Waals surface area contributed by atoms with Gasteiger partial charge < -0.3 is 4.74 Å². The van der Waals surface area contributed by atoms with E-state index in [4.69, 9.17) is 16.3 Å². The van der Waals surface area contributed by atoms with E-state index in [1.165, 1.54) is 10.5 Å². The number of carbonyl (C=O) groups excluding carboxylic acids is 2. The van der Waals surface area contributed by atoms with Crippen molar-refractivity contribution in [3.05, 3.63) is 46.5 Å². The topological polar surface area (TPSA) is 46.6 Å². The summed E-state index contributed by atoms with van der Waals surface area (Å²) in [6, 6.07) is 8.09. The molecule has 0 bridgehead atoms. The van der Waals surface area contributed by atoms with Crippen LogP contribution < -0.4 is 0 Å². The van der Waals surface area contributed by atoms with Crippen LogP contribution >= 0.6 is 11.6 Å². The fourth-order valence-electron chi connectivity index (χ4n) is 3.87. The number of fused-ring (bicyclic) bond motifs is 2. The molecule has 3 aliphatic rings. The van der Waals surface area contributed by atoms with Crippen molar-refractivity contribution in [2.24, 2.45) is 11.8 Å². The molecule has 1 aliphatic carbocycles. The van der Waals surface area contributed by atoms with Crippen LogP contribution in [0.4, 0.5) is 0 Å². The number of hydrogen-bond acceptors (Lipinski definition) is 3. The number of rotatable bonds is 2. The number of likely N-dealkylation sites (tertiary alicyclic amines) is 1. The minimum absolute atomic E-state index is 0.0768. The summed E-state index contributed by atoms with van der Waals surface area (Å²) in [7, 11) is 0. The second-order valence-corrected chi connectivity index (χ2v) is 6.88. The molecule has 4 nitrogen and oxygen atoms in total. The monoisotopic (exact) mass is 331 g/mol. The summed E-state index contributed by atoms with van der Waals surface area (Å²) in [6.07, 6.45) is 3.56. The predicted molar refractivity (Wildman–Crippen MR) is 85.7 cm³/mol. The van der Waals surface area contributed by atoms with E-state index in [2.05, 4.69) is 6.07 Å². The Bertz CT molecular complexity index is 699. The zero-order valence-electron chi connectivity index (χ0n) is 12.7. The standard InChI is InChI=1S/C18H18ClNO3/c19-12-5-6-14-15(9-12)18(22)20(17(14)21)10-16-13-4-2-1-3-11(13)7-8-23-16/h1-5,14-16H,6-10H2/t14-,15+,16-/m1/s1. The highest BCUT2D eigenvalue weighted by molar-refractivity contribution is 6.30. The van der Waals surface area contributed by atoms with Gasteiger partial charge in [0.25, 0.3) is 0 Å². The molecule has 1 aromatic carbocycles. The second-order valence-electron chi connectivity index (χ2n) is 6.40. The molecule has 2 amide bonds. The molecule has 2 heterocycles. The van der Waals surface area contributed by atoms with E-state index < -0.39 is 0 Å². The highest BCUT2D eigenvalue weighted by atomic mass is 35.5. The third-order valence-electron chi connectivity index (χ3n) is 5.10. The Hall–Kier alpha value is -1.65. The fraction of sp³-hybridized carbons (Fsp3) is 0.444. The molecule has 0 spiro atoms. The van der Waals surface area contributed by atoms with Gasteiger partial charge in [-0.25, -0.2) is 0 Å². The first-order chi connectivity index (χ1) is 11.1. The van der Waals surface area contributed by atoms with Crippen molar-refractivity contribution in [2.75, 3.05) is 13.2 Å². The highest BCUT2D eigenvalue weighted by Crippen LogP contribution is 2.40. The Kier molecular flexibility index (Phi) is 3.74. The minimum atomic E-state index is -0.293. The molecule has 1 saturated heterocycles. The maximum Gasteiger partial charge on any atom is 0.233 e. The lowest BCUT2D eigenvalue weighted by Crippen LogP contribution is -2.37. The van der Waals surface area contributed by atoms with Gasteiger partial charge >= 0.3 is 0 Å². The molecule has 2 aliphatic heterocycles. The summed E-state index contributed by atoms with van der Waals surface area (Å²) in [5.41, 5.74) is 2.33. The zero-order valence-corrected chi connectivity index (χ0v) is 13.5. The SMILES string of the molecule is O=C1[C@H]2CC(Cl)=CC[C@H]2C(=O)N1C[C@H]1OCCc2ccccc21. The number of halogens is 1. The van der Waals surface area contributed by atoms with Crippen molar-refractivity contribution < 1.29 is 14.3 Å². The maximum absolute atomic E-state index is 12.6. The van der Waals surface area contributed by atoms with Crippen LogP contribution in [-0.2, 0) is 20.7 Å². The van der Waals surface area contributed by atoms with Crippen LogP contribution in [0.3, 0.4) is 0 Å². The average Bonchev–Trinajstić information content (AvgIpc) is 2.80. The third kappa shape index (κ3) is 2.50. The summed E-state index contributed by atoms with van der Waals surface area (Å²) in [5.74, 6) is -0.715. The quantitative estimate of drug-likeness (QED) is 0.783. The van der Waals surface area contributed by atoms with Crippen LogP contribution in [-0.4, -0.2) is 29.9 Å². The van der Waals surface area contributed by atoms with Gasteiger partial charge in [-0.1, -0.05) is 41.9 Å². The maximum atomic E-state index is 12.6. The molecule has 3 atom stereocenters. The van der Waals surface area contributed by atoms with Gasteiger partial charge in [0.1, 0.15) is 6.10 Å². The lowest BCUT2D eigenvalue weighted by Gasteiger charge is -2.29. The summed E-state index contributed by atoms with van der Waals surface area (Å²) in [6.45, 7) is 0.928. The minimum Gasteiger partial charge on any atom is -0.371 e. The number of amides is 2. The first-order valence-electron chi connectivity index (χ1n) is 8.04. The lowest BCUT2D eigenvalue weighted by molar-refractivity contribution is -0.142. The average molecular weight is 332 g/mol. The number of imide groups is 1. The largest absolute Gasteiger partial charge is 0.371 e. The van der Waals surface area contributed by atoms with E-state index in [1.54, 1.807) is 0 Å². The molecular formula is C18H18ClNO3. The number of allylic oxidation sites excluding steroid dienone is 2. The number of carbonyl (C=O) groups is 2. The smallest absolute Gasteiger partial charge is 0.233 e. The van der Waals surface area contributed by atoms with E-state index in [-0.39, 0.29) is 29.8 Å². The van der Waals surface area contributed by atoms with Gasteiger partial charge in [0.15, 0.2) is 0 Å². The van der Waals surface area contributed by atoms with Crippen molar-refractivity contribution >= 4 is 23.4 Å². The molecule has 23 heavy (non-hydrogen) atoms. The van der Waals surface area contributed by atoms with Crippen molar-refractivity contribution in [3.8, 4) is 0 Å².